The monoisotopic (exact) mass is 522 g/mol. The zero-order valence-corrected chi connectivity index (χ0v) is 22.4. The Balaban J connectivity index is 1.30. The first-order chi connectivity index (χ1) is 20.3. The van der Waals surface area contributed by atoms with Crippen LogP contribution in [0.4, 0.5) is 17.1 Å². The molecule has 41 heavy (non-hydrogen) atoms. The Morgan fingerprint density at radius 2 is 1.00 bits per heavy atom. The van der Waals surface area contributed by atoms with E-state index in [4.69, 9.17) is 4.98 Å². The van der Waals surface area contributed by atoms with E-state index < -0.39 is 0 Å². The molecule has 2 heterocycles. The van der Waals surface area contributed by atoms with Gasteiger partial charge in [-0.15, -0.1) is 0 Å². The van der Waals surface area contributed by atoms with Gasteiger partial charge < -0.3 is 4.90 Å². The summed E-state index contributed by atoms with van der Waals surface area (Å²) in [5, 5.41) is 2.37. The van der Waals surface area contributed by atoms with Crippen molar-refractivity contribution in [2.24, 2.45) is 0 Å². The van der Waals surface area contributed by atoms with Crippen LogP contribution in [0.3, 0.4) is 0 Å². The maximum absolute atomic E-state index is 4.73. The van der Waals surface area contributed by atoms with Crippen molar-refractivity contribution in [3.05, 3.63) is 158 Å². The van der Waals surface area contributed by atoms with E-state index in [9.17, 15) is 0 Å². The number of benzene rings is 6. The molecule has 0 saturated heterocycles. The molecule has 2 nitrogen and oxygen atoms in total. The van der Waals surface area contributed by atoms with Gasteiger partial charge in [0, 0.05) is 28.2 Å². The van der Waals surface area contributed by atoms with Gasteiger partial charge in [0.2, 0.25) is 0 Å². The lowest BCUT2D eigenvalue weighted by Gasteiger charge is -2.33. The number of fused-ring (bicyclic) bond motifs is 2. The number of hydrogen-bond donors (Lipinski definition) is 0. The van der Waals surface area contributed by atoms with Crippen molar-refractivity contribution in [3.63, 3.8) is 0 Å². The Labute approximate surface area is 239 Å². The second kappa shape index (κ2) is 9.62. The number of rotatable bonds is 4. The third-order valence-electron chi connectivity index (χ3n) is 8.03. The predicted octanol–water partition coefficient (Wildman–Crippen LogP) is 10.7. The van der Waals surface area contributed by atoms with Crippen molar-refractivity contribution in [2.75, 3.05) is 4.90 Å². The highest BCUT2D eigenvalue weighted by molar-refractivity contribution is 6.14. The molecule has 8 rings (SSSR count). The van der Waals surface area contributed by atoms with Crippen LogP contribution in [0.2, 0.25) is 0 Å². The molecule has 192 valence electrons. The van der Waals surface area contributed by atoms with Crippen LogP contribution in [-0.2, 0) is 0 Å². The summed E-state index contributed by atoms with van der Waals surface area (Å²) < 4.78 is 0. The van der Waals surface area contributed by atoms with Gasteiger partial charge in [-0.25, -0.2) is 0 Å². The number of anilines is 3. The lowest BCUT2D eigenvalue weighted by Crippen LogP contribution is -2.15. The predicted molar refractivity (Wildman–Crippen MR) is 172 cm³/mol. The minimum absolute atomic E-state index is 1.10. The zero-order chi connectivity index (χ0) is 27.2. The van der Waals surface area contributed by atoms with Crippen LogP contribution in [0.15, 0.2) is 158 Å². The fourth-order valence-electron chi connectivity index (χ4n) is 6.12. The summed E-state index contributed by atoms with van der Waals surface area (Å²) in [6, 6.07) is 52.1. The Hall–Kier alpha value is -5.47. The van der Waals surface area contributed by atoms with E-state index in [1.807, 2.05) is 12.4 Å². The first-order valence-electron chi connectivity index (χ1n) is 14.0. The number of para-hydroxylation sites is 1. The van der Waals surface area contributed by atoms with E-state index in [0.717, 1.165) is 22.4 Å². The molecule has 0 aliphatic carbocycles. The van der Waals surface area contributed by atoms with Gasteiger partial charge in [0.05, 0.1) is 17.6 Å². The highest BCUT2D eigenvalue weighted by Crippen LogP contribution is 2.51. The Kier molecular flexibility index (Phi) is 5.49. The van der Waals surface area contributed by atoms with Crippen molar-refractivity contribution in [3.8, 4) is 44.5 Å². The summed E-state index contributed by atoms with van der Waals surface area (Å²) in [6.07, 6.45) is 4.00. The molecule has 2 heteroatoms. The van der Waals surface area contributed by atoms with E-state index in [0.29, 0.717) is 0 Å². The third-order valence-corrected chi connectivity index (χ3v) is 8.03. The molecule has 1 aliphatic rings. The van der Waals surface area contributed by atoms with Crippen LogP contribution >= 0.6 is 0 Å². The molecule has 1 aromatic heterocycles. The van der Waals surface area contributed by atoms with E-state index in [1.54, 1.807) is 0 Å². The largest absolute Gasteiger partial charge is 0.308 e. The second-order valence-electron chi connectivity index (χ2n) is 10.5. The lowest BCUT2D eigenvalue weighted by atomic mass is 9.89. The first kappa shape index (κ1) is 23.4. The molecule has 0 spiro atoms. The van der Waals surface area contributed by atoms with Crippen LogP contribution in [-0.4, -0.2) is 4.98 Å². The van der Waals surface area contributed by atoms with Gasteiger partial charge in [-0.05, 0) is 75.3 Å². The minimum atomic E-state index is 1.10. The summed E-state index contributed by atoms with van der Waals surface area (Å²) in [5.41, 5.74) is 13.1. The fourth-order valence-corrected chi connectivity index (χ4v) is 6.12. The molecule has 1 aliphatic heterocycles. The molecule has 0 unspecified atom stereocenters. The zero-order valence-electron chi connectivity index (χ0n) is 22.4. The number of nitrogens with zero attached hydrogens (tertiary/aromatic N) is 2. The highest BCUT2D eigenvalue weighted by atomic mass is 15.2. The van der Waals surface area contributed by atoms with Gasteiger partial charge >= 0.3 is 0 Å². The van der Waals surface area contributed by atoms with Crippen LogP contribution in [0.1, 0.15) is 0 Å². The molecule has 0 bridgehead atoms. The number of hydrogen-bond acceptors (Lipinski definition) is 2. The van der Waals surface area contributed by atoms with E-state index in [1.165, 1.54) is 49.9 Å². The number of pyridine rings is 1. The summed E-state index contributed by atoms with van der Waals surface area (Å²) in [5.74, 6) is 0. The molecule has 0 fully saturated rings. The molecule has 6 aromatic carbocycles. The average Bonchev–Trinajstić information content (AvgIpc) is 3.06. The van der Waals surface area contributed by atoms with Gasteiger partial charge in [0.1, 0.15) is 0 Å². The number of aromatic nitrogens is 1. The Morgan fingerprint density at radius 3 is 1.78 bits per heavy atom. The van der Waals surface area contributed by atoms with Gasteiger partial charge in [-0.3, -0.25) is 4.98 Å². The van der Waals surface area contributed by atoms with Gasteiger partial charge in [-0.2, -0.15) is 0 Å². The van der Waals surface area contributed by atoms with Gasteiger partial charge in [-0.1, -0.05) is 109 Å². The normalized spacial score (nSPS) is 11.9. The minimum Gasteiger partial charge on any atom is -0.308 e. The van der Waals surface area contributed by atoms with Crippen molar-refractivity contribution < 1.29 is 0 Å². The quantitative estimate of drug-likeness (QED) is 0.228. The summed E-state index contributed by atoms with van der Waals surface area (Å²) >= 11 is 0. The van der Waals surface area contributed by atoms with E-state index >= 15 is 0 Å². The second-order valence-corrected chi connectivity index (χ2v) is 10.5. The van der Waals surface area contributed by atoms with E-state index in [-0.39, 0.29) is 0 Å². The summed E-state index contributed by atoms with van der Waals surface area (Å²) in [4.78, 5) is 7.09. The van der Waals surface area contributed by atoms with Crippen molar-refractivity contribution in [1.29, 1.82) is 0 Å². The maximum atomic E-state index is 4.73. The molecular formula is C39H26N2. The van der Waals surface area contributed by atoms with Crippen LogP contribution in [0, 0.1) is 0 Å². The highest BCUT2D eigenvalue weighted by Gasteiger charge is 2.27. The maximum Gasteiger partial charge on any atom is 0.0729 e. The lowest BCUT2D eigenvalue weighted by molar-refractivity contribution is 1.24. The molecule has 0 N–H and O–H groups in total. The van der Waals surface area contributed by atoms with E-state index in [2.05, 4.69) is 150 Å². The van der Waals surface area contributed by atoms with Gasteiger partial charge in [0.15, 0.2) is 0 Å². The fraction of sp³-hybridized carbons (Fsp3) is 0. The van der Waals surface area contributed by atoms with Crippen molar-refractivity contribution in [2.45, 2.75) is 0 Å². The first-order valence-corrected chi connectivity index (χ1v) is 14.0. The molecule has 7 aromatic rings. The van der Waals surface area contributed by atoms with Crippen LogP contribution in [0.25, 0.3) is 55.3 Å². The summed E-state index contributed by atoms with van der Waals surface area (Å²) in [6.45, 7) is 0. The van der Waals surface area contributed by atoms with Crippen LogP contribution < -0.4 is 4.90 Å². The standard InChI is InChI=1S/C39H26N2/c1-3-11-27(12-4-1)29-15-9-16-30(21-29)31-17-10-18-34(23-31)41-37-20-8-7-19-35(37)36-24-32(28-13-5-2-6-14-28)22-33-25-40-26-38(41)39(33)36/h1-26H. The van der Waals surface area contributed by atoms with Crippen molar-refractivity contribution >= 4 is 27.8 Å². The van der Waals surface area contributed by atoms with Gasteiger partial charge in [0.25, 0.3) is 0 Å². The third kappa shape index (κ3) is 4.00. The Bertz CT molecular complexity index is 2040. The molecule has 0 amide bonds. The topological polar surface area (TPSA) is 16.1 Å². The smallest absolute Gasteiger partial charge is 0.0729 e. The molecule has 0 saturated carbocycles. The molecular weight excluding hydrogens is 496 g/mol. The average molecular weight is 523 g/mol. The van der Waals surface area contributed by atoms with Crippen LogP contribution in [0.5, 0.6) is 0 Å². The SMILES string of the molecule is c1ccc(-c2cccc(-c3cccc(N4c5ccccc5-c5cc(-c6ccccc6)cc6cncc4c56)c3)c2)cc1. The Morgan fingerprint density at radius 1 is 0.390 bits per heavy atom. The molecule has 0 atom stereocenters. The summed E-state index contributed by atoms with van der Waals surface area (Å²) in [7, 11) is 0. The van der Waals surface area contributed by atoms with Crippen molar-refractivity contribution in [1.82, 2.24) is 4.98 Å². The molecule has 0 radical (unpaired) electrons.